The number of carbonyl (C=O) groups excluding carboxylic acids is 3. The van der Waals surface area contributed by atoms with Crippen molar-refractivity contribution in [2.45, 2.75) is 43.8 Å². The molecule has 132 valence electrons. The van der Waals surface area contributed by atoms with Crippen LogP contribution in [0.5, 0.6) is 0 Å². The Kier molecular flexibility index (Phi) is 3.82. The third kappa shape index (κ3) is 3.29. The molecule has 0 bridgehead atoms. The van der Waals surface area contributed by atoms with Gasteiger partial charge in [0, 0.05) is 31.6 Å². The van der Waals surface area contributed by atoms with Gasteiger partial charge in [-0.25, -0.2) is 4.98 Å². The zero-order valence-electron chi connectivity index (χ0n) is 13.9. The lowest BCUT2D eigenvalue weighted by atomic mass is 9.97. The van der Waals surface area contributed by atoms with Gasteiger partial charge < -0.3 is 20.9 Å². The van der Waals surface area contributed by atoms with Gasteiger partial charge in [0.1, 0.15) is 11.5 Å². The fourth-order valence-electron chi connectivity index (χ4n) is 3.38. The minimum atomic E-state index is -0.699. The maximum absolute atomic E-state index is 12.4. The number of hydrogen-bond donors (Lipinski definition) is 3. The standard InChI is InChI=1S/C17H21N5O3/c23-13(19-11-3-4-11)10-22-9-7-17(6-5-14(22)24)20-15-12(16(25)21-17)2-1-8-18-15/h1-2,8,11H,3-7,9-10H2,(H,18,20)(H,19,23)(H,21,25)/t17-/m0/s1. The Morgan fingerprint density at radius 2 is 2.16 bits per heavy atom. The van der Waals surface area contributed by atoms with Crippen LogP contribution in [0.15, 0.2) is 18.3 Å². The molecule has 1 spiro atoms. The largest absolute Gasteiger partial charge is 0.352 e. The molecule has 1 aliphatic carbocycles. The molecule has 3 amide bonds. The Balaban J connectivity index is 1.46. The summed E-state index contributed by atoms with van der Waals surface area (Å²) in [6.45, 7) is 0.487. The van der Waals surface area contributed by atoms with Crippen LogP contribution >= 0.6 is 0 Å². The minimum Gasteiger partial charge on any atom is -0.352 e. The van der Waals surface area contributed by atoms with Crippen molar-refractivity contribution in [1.29, 1.82) is 0 Å². The number of fused-ring (bicyclic) bond motifs is 1. The van der Waals surface area contributed by atoms with Crippen molar-refractivity contribution in [1.82, 2.24) is 20.5 Å². The topological polar surface area (TPSA) is 103 Å². The zero-order chi connectivity index (χ0) is 17.4. The van der Waals surface area contributed by atoms with Gasteiger partial charge >= 0.3 is 0 Å². The Morgan fingerprint density at radius 3 is 2.96 bits per heavy atom. The van der Waals surface area contributed by atoms with E-state index in [0.717, 1.165) is 12.8 Å². The summed E-state index contributed by atoms with van der Waals surface area (Å²) < 4.78 is 0. The summed E-state index contributed by atoms with van der Waals surface area (Å²) in [5.41, 5.74) is -0.195. The number of aromatic nitrogens is 1. The van der Waals surface area contributed by atoms with Crippen LogP contribution in [-0.4, -0.2) is 52.4 Å². The van der Waals surface area contributed by atoms with Gasteiger partial charge in [-0.15, -0.1) is 0 Å². The second-order valence-corrected chi connectivity index (χ2v) is 6.97. The molecule has 0 unspecified atom stereocenters. The highest BCUT2D eigenvalue weighted by molar-refractivity contribution is 6.01. The number of carbonyl (C=O) groups is 3. The molecule has 3 N–H and O–H groups in total. The van der Waals surface area contributed by atoms with E-state index in [1.165, 1.54) is 0 Å². The first-order valence-corrected chi connectivity index (χ1v) is 8.67. The second kappa shape index (κ2) is 6.02. The molecule has 0 radical (unpaired) electrons. The van der Waals surface area contributed by atoms with Gasteiger partial charge in [0.05, 0.1) is 12.1 Å². The number of hydrogen-bond acceptors (Lipinski definition) is 5. The molecular weight excluding hydrogens is 322 g/mol. The van der Waals surface area contributed by atoms with Crippen LogP contribution in [0.3, 0.4) is 0 Å². The van der Waals surface area contributed by atoms with E-state index in [9.17, 15) is 14.4 Å². The summed E-state index contributed by atoms with van der Waals surface area (Å²) in [5, 5.41) is 9.20. The summed E-state index contributed by atoms with van der Waals surface area (Å²) in [6.07, 6.45) is 4.93. The van der Waals surface area contributed by atoms with Gasteiger partial charge in [-0.05, 0) is 31.4 Å². The fourth-order valence-corrected chi connectivity index (χ4v) is 3.38. The molecular formula is C17H21N5O3. The Hall–Kier alpha value is -2.64. The maximum Gasteiger partial charge on any atom is 0.256 e. The Bertz CT molecular complexity index is 733. The molecule has 1 atom stereocenters. The first-order valence-electron chi connectivity index (χ1n) is 8.67. The van der Waals surface area contributed by atoms with E-state index >= 15 is 0 Å². The number of nitrogens with one attached hydrogen (secondary N) is 3. The van der Waals surface area contributed by atoms with Gasteiger partial charge in [-0.3, -0.25) is 14.4 Å². The molecule has 1 saturated carbocycles. The highest BCUT2D eigenvalue weighted by Gasteiger charge is 2.41. The third-order valence-corrected chi connectivity index (χ3v) is 4.97. The van der Waals surface area contributed by atoms with Gasteiger partial charge in [0.2, 0.25) is 11.8 Å². The Labute approximate surface area is 145 Å². The van der Waals surface area contributed by atoms with Gasteiger partial charge in [-0.1, -0.05) is 0 Å². The van der Waals surface area contributed by atoms with Crippen LogP contribution in [0, 0.1) is 0 Å². The molecule has 2 aliphatic heterocycles. The lowest BCUT2D eigenvalue weighted by Gasteiger charge is -2.39. The number of anilines is 1. The van der Waals surface area contributed by atoms with Gasteiger partial charge in [0.25, 0.3) is 5.91 Å². The van der Waals surface area contributed by atoms with E-state index in [1.807, 2.05) is 0 Å². The van der Waals surface area contributed by atoms with Crippen LogP contribution < -0.4 is 16.0 Å². The average molecular weight is 343 g/mol. The lowest BCUT2D eigenvalue weighted by molar-refractivity contribution is -0.135. The van der Waals surface area contributed by atoms with E-state index in [1.54, 1.807) is 23.2 Å². The van der Waals surface area contributed by atoms with Crippen molar-refractivity contribution in [2.24, 2.45) is 0 Å². The van der Waals surface area contributed by atoms with Crippen molar-refractivity contribution < 1.29 is 14.4 Å². The fraction of sp³-hybridized carbons (Fsp3) is 0.529. The SMILES string of the molecule is O=C(CN1CC[C@]2(CCC1=O)NC(=O)c1cccnc1N2)NC1CC1. The minimum absolute atomic E-state index is 0.0642. The molecule has 3 heterocycles. The highest BCUT2D eigenvalue weighted by atomic mass is 16.2. The third-order valence-electron chi connectivity index (χ3n) is 4.97. The van der Waals surface area contributed by atoms with Crippen molar-refractivity contribution in [3.63, 3.8) is 0 Å². The van der Waals surface area contributed by atoms with E-state index in [2.05, 4.69) is 20.9 Å². The van der Waals surface area contributed by atoms with Crippen LogP contribution in [0.1, 0.15) is 42.5 Å². The number of pyridine rings is 1. The van der Waals surface area contributed by atoms with E-state index in [-0.39, 0.29) is 36.7 Å². The van der Waals surface area contributed by atoms with Gasteiger partial charge in [0.15, 0.2) is 0 Å². The van der Waals surface area contributed by atoms with Gasteiger partial charge in [-0.2, -0.15) is 0 Å². The van der Waals surface area contributed by atoms with E-state index in [0.29, 0.717) is 30.8 Å². The number of nitrogens with zero attached hydrogens (tertiary/aromatic N) is 2. The molecule has 0 aromatic carbocycles. The Morgan fingerprint density at radius 1 is 1.32 bits per heavy atom. The van der Waals surface area contributed by atoms with Crippen molar-refractivity contribution in [2.75, 3.05) is 18.4 Å². The first-order chi connectivity index (χ1) is 12.0. The lowest BCUT2D eigenvalue weighted by Crippen LogP contribution is -2.58. The monoisotopic (exact) mass is 343 g/mol. The summed E-state index contributed by atoms with van der Waals surface area (Å²) >= 11 is 0. The molecule has 4 rings (SSSR count). The summed E-state index contributed by atoms with van der Waals surface area (Å²) in [7, 11) is 0. The quantitative estimate of drug-likeness (QED) is 0.729. The molecule has 8 nitrogen and oxygen atoms in total. The highest BCUT2D eigenvalue weighted by Crippen LogP contribution is 2.30. The molecule has 25 heavy (non-hydrogen) atoms. The van der Waals surface area contributed by atoms with Crippen molar-refractivity contribution >= 4 is 23.5 Å². The molecule has 1 saturated heterocycles. The molecule has 2 fully saturated rings. The van der Waals surface area contributed by atoms with Crippen molar-refractivity contribution in [3.05, 3.63) is 23.9 Å². The molecule has 8 heteroatoms. The van der Waals surface area contributed by atoms with Crippen molar-refractivity contribution in [3.8, 4) is 0 Å². The summed E-state index contributed by atoms with van der Waals surface area (Å²) in [5.74, 6) is 0.179. The maximum atomic E-state index is 12.4. The number of rotatable bonds is 3. The summed E-state index contributed by atoms with van der Waals surface area (Å²) in [4.78, 5) is 42.6. The second-order valence-electron chi connectivity index (χ2n) is 6.97. The number of likely N-dealkylation sites (tertiary alicyclic amines) is 1. The van der Waals surface area contributed by atoms with Crippen LogP contribution in [0.25, 0.3) is 0 Å². The van der Waals surface area contributed by atoms with Crippen LogP contribution in [0.4, 0.5) is 5.82 Å². The molecule has 1 aromatic heterocycles. The van der Waals surface area contributed by atoms with E-state index < -0.39 is 5.66 Å². The average Bonchev–Trinajstić information content (AvgIpc) is 3.41. The predicted molar refractivity (Wildman–Crippen MR) is 89.7 cm³/mol. The first kappa shape index (κ1) is 15.9. The normalized spacial score (nSPS) is 25.7. The zero-order valence-corrected chi connectivity index (χ0v) is 13.9. The predicted octanol–water partition coefficient (Wildman–Crippen LogP) is 0.224. The molecule has 1 aromatic rings. The van der Waals surface area contributed by atoms with E-state index in [4.69, 9.17) is 0 Å². The smallest absolute Gasteiger partial charge is 0.256 e. The summed E-state index contributed by atoms with van der Waals surface area (Å²) in [6, 6.07) is 3.71. The van der Waals surface area contributed by atoms with Crippen LogP contribution in [-0.2, 0) is 9.59 Å². The van der Waals surface area contributed by atoms with Crippen LogP contribution in [0.2, 0.25) is 0 Å². The molecule has 3 aliphatic rings. The number of amides is 3.